The van der Waals surface area contributed by atoms with Gasteiger partial charge in [-0.15, -0.1) is 0 Å². The molecular formula is C26H34N2O13. The molecule has 2 saturated heterocycles. The van der Waals surface area contributed by atoms with Crippen LogP contribution in [0.3, 0.4) is 0 Å². The predicted octanol–water partition coefficient (Wildman–Crippen LogP) is -2.61. The van der Waals surface area contributed by atoms with Crippen LogP contribution in [0.5, 0.6) is 5.75 Å². The second kappa shape index (κ2) is 12.8. The number of hydrogen-bond donors (Lipinski definition) is 7. The summed E-state index contributed by atoms with van der Waals surface area (Å²) in [6.07, 6.45) is -11.7. The lowest BCUT2D eigenvalue weighted by molar-refractivity contribution is -0.325. The van der Waals surface area contributed by atoms with Gasteiger partial charge in [-0.1, -0.05) is 0 Å². The summed E-state index contributed by atoms with van der Waals surface area (Å²) in [6, 6.07) is 3.41. The van der Waals surface area contributed by atoms with Crippen molar-refractivity contribution >= 4 is 22.8 Å². The van der Waals surface area contributed by atoms with E-state index in [0.717, 1.165) is 6.92 Å². The topological polar surface area (TPSA) is 226 Å². The zero-order valence-electron chi connectivity index (χ0n) is 22.5. The number of nitrogens with one attached hydrogen (secondary N) is 2. The monoisotopic (exact) mass is 582 g/mol. The first-order valence-electron chi connectivity index (χ1n) is 12.9. The van der Waals surface area contributed by atoms with Crippen molar-refractivity contribution in [2.24, 2.45) is 0 Å². The summed E-state index contributed by atoms with van der Waals surface area (Å²) in [5.74, 6) is -0.985. The summed E-state index contributed by atoms with van der Waals surface area (Å²) in [5, 5.41) is 57.5. The molecule has 1 unspecified atom stereocenters. The van der Waals surface area contributed by atoms with Gasteiger partial charge in [0.2, 0.25) is 18.1 Å². The number of aryl methyl sites for hydroxylation is 1. The van der Waals surface area contributed by atoms with Crippen LogP contribution >= 0.6 is 0 Å². The minimum Gasteiger partial charge on any atom is -0.462 e. The molecule has 0 bridgehead atoms. The Morgan fingerprint density at radius 1 is 0.878 bits per heavy atom. The molecule has 0 radical (unpaired) electrons. The lowest BCUT2D eigenvalue weighted by Gasteiger charge is -2.48. The van der Waals surface area contributed by atoms with Gasteiger partial charge in [-0.05, 0) is 24.6 Å². The summed E-state index contributed by atoms with van der Waals surface area (Å²) in [6.45, 7) is 2.71. The fraction of sp³-hybridized carbons (Fsp3) is 0.577. The number of benzene rings is 1. The van der Waals surface area contributed by atoms with E-state index in [9.17, 15) is 39.9 Å². The Morgan fingerprint density at radius 2 is 1.49 bits per heavy atom. The van der Waals surface area contributed by atoms with Gasteiger partial charge in [0, 0.05) is 31.4 Å². The molecular weight excluding hydrogens is 548 g/mol. The van der Waals surface area contributed by atoms with Crippen molar-refractivity contribution in [3.63, 3.8) is 0 Å². The Hall–Kier alpha value is -3.15. The van der Waals surface area contributed by atoms with E-state index in [4.69, 9.17) is 23.4 Å². The summed E-state index contributed by atoms with van der Waals surface area (Å²) >= 11 is 0. The highest BCUT2D eigenvalue weighted by Gasteiger charge is 2.52. The van der Waals surface area contributed by atoms with E-state index < -0.39 is 91.9 Å². The lowest BCUT2D eigenvalue weighted by atomic mass is 9.94. The highest BCUT2D eigenvalue weighted by atomic mass is 16.7. The first-order chi connectivity index (χ1) is 19.4. The van der Waals surface area contributed by atoms with Crippen LogP contribution in [-0.2, 0) is 23.8 Å². The molecule has 2 aliphatic rings. The zero-order chi connectivity index (χ0) is 30.0. The fourth-order valence-electron chi connectivity index (χ4n) is 4.98. The van der Waals surface area contributed by atoms with Gasteiger partial charge in [0.25, 0.3) is 0 Å². The molecule has 15 nitrogen and oxygen atoms in total. The van der Waals surface area contributed by atoms with E-state index in [1.807, 2.05) is 0 Å². The molecule has 3 heterocycles. The molecule has 41 heavy (non-hydrogen) atoms. The SMILES string of the molecule is CC(=O)NC1[C@H](O[C@H]2[C@H](O)[C@@H](NC(C)=O)[C@H](Oc3ccc4c(C)cc(=O)oc4c3)O[C@@H]2CO)O[C@H](CO)[C@H](O)[C@H]1O. The second-order valence-electron chi connectivity index (χ2n) is 10.0. The Balaban J connectivity index is 1.61. The molecule has 2 aromatic rings. The van der Waals surface area contributed by atoms with E-state index in [2.05, 4.69) is 10.6 Å². The number of carbonyl (C=O) groups excluding carboxylic acids is 2. The Kier molecular flexibility index (Phi) is 9.61. The van der Waals surface area contributed by atoms with Crippen LogP contribution in [0.25, 0.3) is 11.0 Å². The maximum absolute atomic E-state index is 12.1. The number of carbonyl (C=O) groups is 2. The van der Waals surface area contributed by atoms with E-state index in [1.165, 1.54) is 19.1 Å². The number of amides is 2. The third-order valence-corrected chi connectivity index (χ3v) is 6.94. The summed E-state index contributed by atoms with van der Waals surface area (Å²) in [4.78, 5) is 35.7. The fourth-order valence-corrected chi connectivity index (χ4v) is 4.98. The average Bonchev–Trinajstić information content (AvgIpc) is 2.90. The van der Waals surface area contributed by atoms with Gasteiger partial charge in [-0.25, -0.2) is 4.79 Å². The Labute approximate surface area is 233 Å². The van der Waals surface area contributed by atoms with Crippen molar-refractivity contribution in [3.05, 3.63) is 40.2 Å². The van der Waals surface area contributed by atoms with Gasteiger partial charge < -0.3 is 59.5 Å². The Morgan fingerprint density at radius 3 is 2.10 bits per heavy atom. The normalized spacial score (nSPS) is 33.8. The van der Waals surface area contributed by atoms with Crippen molar-refractivity contribution in [1.82, 2.24) is 10.6 Å². The first kappa shape index (κ1) is 30.8. The second-order valence-corrected chi connectivity index (χ2v) is 10.0. The number of hydrogen-bond acceptors (Lipinski definition) is 13. The van der Waals surface area contributed by atoms with Crippen LogP contribution in [0.4, 0.5) is 0 Å². The standard InChI is InChI=1S/C26H34N2O13/c1-10-6-18(33)38-15-7-13(4-5-14(10)15)37-25-20(28-12(3)32)23(36)24(17(9-30)40-25)41-26-19(27-11(2)31)22(35)21(34)16(8-29)39-26/h4-7,16-17,19-26,29-30,34-36H,8-9H2,1-3H3,(H,27,31)(H,28,32)/t16-,17-,19?,20-,21+,22+,23-,24-,25-,26+/m1/s1. The zero-order valence-corrected chi connectivity index (χ0v) is 22.5. The van der Waals surface area contributed by atoms with Crippen molar-refractivity contribution < 1.29 is 58.5 Å². The molecule has 2 aliphatic heterocycles. The first-order valence-corrected chi connectivity index (χ1v) is 12.9. The number of ether oxygens (including phenoxy) is 4. The maximum atomic E-state index is 12.1. The van der Waals surface area contributed by atoms with Crippen molar-refractivity contribution in [3.8, 4) is 5.75 Å². The molecule has 0 spiro atoms. The Bertz CT molecular complexity index is 1300. The van der Waals surface area contributed by atoms with E-state index in [-0.39, 0.29) is 11.3 Å². The van der Waals surface area contributed by atoms with E-state index in [1.54, 1.807) is 19.1 Å². The quantitative estimate of drug-likeness (QED) is 0.159. The number of rotatable bonds is 8. The minimum atomic E-state index is -1.62. The minimum absolute atomic E-state index is 0.166. The van der Waals surface area contributed by atoms with Crippen LogP contribution in [0, 0.1) is 6.92 Å². The van der Waals surface area contributed by atoms with Crippen LogP contribution in [-0.4, -0.2) is 112 Å². The molecule has 4 rings (SSSR count). The summed E-state index contributed by atoms with van der Waals surface area (Å²) in [7, 11) is 0. The maximum Gasteiger partial charge on any atom is 0.336 e. The molecule has 7 N–H and O–H groups in total. The van der Waals surface area contributed by atoms with Crippen molar-refractivity contribution in [2.45, 2.75) is 82.1 Å². The molecule has 1 aromatic heterocycles. The molecule has 0 aliphatic carbocycles. The van der Waals surface area contributed by atoms with Gasteiger partial charge >= 0.3 is 5.63 Å². The molecule has 0 saturated carbocycles. The molecule has 10 atom stereocenters. The highest BCUT2D eigenvalue weighted by Crippen LogP contribution is 2.31. The van der Waals surface area contributed by atoms with Crippen LogP contribution in [0.2, 0.25) is 0 Å². The molecule has 2 fully saturated rings. The number of fused-ring (bicyclic) bond motifs is 1. The molecule has 15 heteroatoms. The predicted molar refractivity (Wildman–Crippen MR) is 137 cm³/mol. The van der Waals surface area contributed by atoms with Gasteiger partial charge in [0.05, 0.1) is 13.2 Å². The average molecular weight is 583 g/mol. The van der Waals surface area contributed by atoms with Gasteiger partial charge in [-0.3, -0.25) is 9.59 Å². The lowest BCUT2D eigenvalue weighted by Crippen LogP contribution is -2.69. The summed E-state index contributed by atoms with van der Waals surface area (Å²) < 4.78 is 28.5. The third kappa shape index (κ3) is 6.68. The smallest absolute Gasteiger partial charge is 0.336 e. The van der Waals surface area contributed by atoms with Gasteiger partial charge in [-0.2, -0.15) is 0 Å². The van der Waals surface area contributed by atoms with Crippen LogP contribution < -0.4 is 21.0 Å². The molecule has 1 aromatic carbocycles. The van der Waals surface area contributed by atoms with Crippen LogP contribution in [0.1, 0.15) is 19.4 Å². The van der Waals surface area contributed by atoms with Gasteiger partial charge in [0.15, 0.2) is 6.29 Å². The van der Waals surface area contributed by atoms with E-state index >= 15 is 0 Å². The van der Waals surface area contributed by atoms with E-state index in [0.29, 0.717) is 10.9 Å². The highest BCUT2D eigenvalue weighted by molar-refractivity contribution is 5.81. The van der Waals surface area contributed by atoms with Gasteiger partial charge in [0.1, 0.15) is 60.0 Å². The number of aliphatic hydroxyl groups excluding tert-OH is 5. The van der Waals surface area contributed by atoms with Crippen molar-refractivity contribution in [1.29, 1.82) is 0 Å². The number of aliphatic hydroxyl groups is 5. The largest absolute Gasteiger partial charge is 0.462 e. The summed E-state index contributed by atoms with van der Waals surface area (Å²) in [5.41, 5.74) is 0.362. The third-order valence-electron chi connectivity index (χ3n) is 6.94. The van der Waals surface area contributed by atoms with Crippen molar-refractivity contribution in [2.75, 3.05) is 13.2 Å². The molecule has 2 amide bonds. The van der Waals surface area contributed by atoms with Crippen LogP contribution in [0.15, 0.2) is 33.5 Å². The molecule has 226 valence electrons.